The highest BCUT2D eigenvalue weighted by Gasteiger charge is 2.25. The molecule has 0 atom stereocenters. The molecule has 0 unspecified atom stereocenters. The first kappa shape index (κ1) is 25.2. The predicted molar refractivity (Wildman–Crippen MR) is 135 cm³/mol. The molecule has 0 spiro atoms. The van der Waals surface area contributed by atoms with E-state index in [1.54, 1.807) is 12.1 Å². The fourth-order valence-corrected chi connectivity index (χ4v) is 4.91. The van der Waals surface area contributed by atoms with E-state index in [4.69, 9.17) is 18.9 Å². The topological polar surface area (TPSA) is 100 Å². The van der Waals surface area contributed by atoms with E-state index in [1.807, 2.05) is 37.3 Å². The van der Waals surface area contributed by atoms with Crippen molar-refractivity contribution in [1.82, 2.24) is 0 Å². The number of aryl methyl sites for hydroxylation is 1. The number of nitrogens with one attached hydrogen (secondary N) is 1. The Labute approximate surface area is 213 Å². The van der Waals surface area contributed by atoms with E-state index in [9.17, 15) is 14.4 Å². The normalized spacial score (nSPS) is 11.9. The highest BCUT2D eigenvalue weighted by Crippen LogP contribution is 2.37. The molecule has 0 bridgehead atoms. The maximum Gasteiger partial charge on any atom is 0.341 e. The van der Waals surface area contributed by atoms with Crippen LogP contribution in [0.25, 0.3) is 0 Å². The number of fused-ring (bicyclic) bond motifs is 1. The second kappa shape index (κ2) is 10.8. The molecule has 2 aromatic carbocycles. The van der Waals surface area contributed by atoms with Gasteiger partial charge in [-0.1, -0.05) is 32.0 Å². The third-order valence-electron chi connectivity index (χ3n) is 5.82. The molecule has 36 heavy (non-hydrogen) atoms. The number of hydrogen-bond donors (Lipinski definition) is 1. The molecule has 8 nitrogen and oxygen atoms in total. The van der Waals surface area contributed by atoms with Crippen LogP contribution < -0.4 is 14.8 Å². The zero-order chi connectivity index (χ0) is 25.8. The number of anilines is 1. The van der Waals surface area contributed by atoms with Crippen molar-refractivity contribution in [3.8, 4) is 11.5 Å². The summed E-state index contributed by atoms with van der Waals surface area (Å²) in [5.74, 6) is -0.0501. The van der Waals surface area contributed by atoms with Crippen LogP contribution >= 0.6 is 11.3 Å². The Balaban J connectivity index is 1.46. The molecule has 3 aromatic rings. The van der Waals surface area contributed by atoms with Crippen LogP contribution in [0.5, 0.6) is 11.5 Å². The second-order valence-electron chi connectivity index (χ2n) is 8.60. The van der Waals surface area contributed by atoms with E-state index in [1.165, 1.54) is 18.4 Å². The Morgan fingerprint density at radius 3 is 2.44 bits per heavy atom. The van der Waals surface area contributed by atoms with Crippen molar-refractivity contribution in [2.45, 2.75) is 33.1 Å². The van der Waals surface area contributed by atoms with Crippen molar-refractivity contribution in [2.75, 3.05) is 25.8 Å². The first-order valence-corrected chi connectivity index (χ1v) is 12.2. The Hall–Kier alpha value is -3.85. The largest absolute Gasteiger partial charge is 0.465 e. The van der Waals surface area contributed by atoms with Crippen LogP contribution in [-0.4, -0.2) is 38.4 Å². The summed E-state index contributed by atoms with van der Waals surface area (Å²) < 4.78 is 21.0. The molecule has 0 saturated heterocycles. The first-order valence-electron chi connectivity index (χ1n) is 11.4. The molecule has 1 N–H and O–H groups in total. The molecular formula is C27H27NO7S. The SMILES string of the molecule is COC(=O)c1c(NC(=O)COC(=O)c2ccc(C(C)C)cc2)sc(C)c1Cc1ccc2c(c1)OCO2. The van der Waals surface area contributed by atoms with E-state index in [0.717, 1.165) is 21.6 Å². The molecule has 0 radical (unpaired) electrons. The highest BCUT2D eigenvalue weighted by molar-refractivity contribution is 7.16. The number of carbonyl (C=O) groups excluding carboxylic acids is 3. The van der Waals surface area contributed by atoms with E-state index >= 15 is 0 Å². The summed E-state index contributed by atoms with van der Waals surface area (Å²) >= 11 is 1.26. The van der Waals surface area contributed by atoms with Crippen LogP contribution in [0.2, 0.25) is 0 Å². The van der Waals surface area contributed by atoms with E-state index in [0.29, 0.717) is 34.4 Å². The number of esters is 2. The van der Waals surface area contributed by atoms with E-state index < -0.39 is 24.5 Å². The van der Waals surface area contributed by atoms with Gasteiger partial charge in [0.25, 0.3) is 5.91 Å². The van der Waals surface area contributed by atoms with Gasteiger partial charge in [-0.3, -0.25) is 4.79 Å². The van der Waals surface area contributed by atoms with Gasteiger partial charge in [0.1, 0.15) is 5.00 Å². The number of hydrogen-bond acceptors (Lipinski definition) is 8. The number of carbonyl (C=O) groups is 3. The zero-order valence-electron chi connectivity index (χ0n) is 20.5. The van der Waals surface area contributed by atoms with Crippen LogP contribution in [0.1, 0.15) is 62.0 Å². The first-order chi connectivity index (χ1) is 17.3. The van der Waals surface area contributed by atoms with Gasteiger partial charge in [-0.05, 0) is 60.2 Å². The number of ether oxygens (including phenoxy) is 4. The van der Waals surface area contributed by atoms with Gasteiger partial charge in [0.15, 0.2) is 18.1 Å². The molecule has 2 heterocycles. The van der Waals surface area contributed by atoms with Gasteiger partial charge >= 0.3 is 11.9 Å². The van der Waals surface area contributed by atoms with Crippen LogP contribution in [0, 0.1) is 6.92 Å². The Morgan fingerprint density at radius 1 is 1.03 bits per heavy atom. The van der Waals surface area contributed by atoms with Gasteiger partial charge < -0.3 is 24.3 Å². The minimum absolute atomic E-state index is 0.174. The van der Waals surface area contributed by atoms with Crippen LogP contribution in [0.3, 0.4) is 0 Å². The smallest absolute Gasteiger partial charge is 0.341 e. The monoisotopic (exact) mass is 509 g/mol. The molecule has 9 heteroatoms. The Kier molecular flexibility index (Phi) is 7.59. The summed E-state index contributed by atoms with van der Waals surface area (Å²) in [7, 11) is 1.29. The summed E-state index contributed by atoms with van der Waals surface area (Å²) in [6.45, 7) is 5.68. The molecule has 1 aliphatic heterocycles. The lowest BCUT2D eigenvalue weighted by atomic mass is 10.0. The summed E-state index contributed by atoms with van der Waals surface area (Å²) in [5, 5.41) is 3.05. The molecule has 0 fully saturated rings. The zero-order valence-corrected chi connectivity index (χ0v) is 21.3. The molecule has 188 valence electrons. The number of rotatable bonds is 8. The Bertz CT molecular complexity index is 1290. The summed E-state index contributed by atoms with van der Waals surface area (Å²) in [6.07, 6.45) is 0.431. The van der Waals surface area contributed by atoms with E-state index in [2.05, 4.69) is 19.2 Å². The van der Waals surface area contributed by atoms with Crippen LogP contribution in [0.15, 0.2) is 42.5 Å². The summed E-state index contributed by atoms with van der Waals surface area (Å²) in [4.78, 5) is 38.5. The van der Waals surface area contributed by atoms with Gasteiger partial charge in [0.2, 0.25) is 6.79 Å². The van der Waals surface area contributed by atoms with Crippen molar-refractivity contribution in [1.29, 1.82) is 0 Å². The van der Waals surface area contributed by atoms with Gasteiger partial charge in [0, 0.05) is 4.88 Å². The summed E-state index contributed by atoms with van der Waals surface area (Å²) in [5.41, 5.74) is 3.40. The van der Waals surface area contributed by atoms with Gasteiger partial charge in [-0.2, -0.15) is 0 Å². The standard InChI is InChI=1S/C27H27NO7S/c1-15(2)18-6-8-19(9-7-18)26(30)33-13-23(29)28-25-24(27(31)32-4)20(16(3)36-25)11-17-5-10-21-22(12-17)35-14-34-21/h5-10,12,15H,11,13-14H2,1-4H3,(H,28,29). The van der Waals surface area contributed by atoms with Crippen molar-refractivity contribution in [2.24, 2.45) is 0 Å². The van der Waals surface area contributed by atoms with Crippen LogP contribution in [-0.2, 0) is 20.7 Å². The van der Waals surface area contributed by atoms with Crippen molar-refractivity contribution >= 4 is 34.2 Å². The highest BCUT2D eigenvalue weighted by atomic mass is 32.1. The minimum Gasteiger partial charge on any atom is -0.465 e. The molecule has 1 amide bonds. The fourth-order valence-electron chi connectivity index (χ4n) is 3.83. The van der Waals surface area contributed by atoms with Gasteiger partial charge in [-0.15, -0.1) is 11.3 Å². The summed E-state index contributed by atoms with van der Waals surface area (Å²) in [6, 6.07) is 12.7. The number of benzene rings is 2. The van der Waals surface area contributed by atoms with Gasteiger partial charge in [0.05, 0.1) is 18.2 Å². The third-order valence-corrected chi connectivity index (χ3v) is 6.88. The maximum atomic E-state index is 12.7. The lowest BCUT2D eigenvalue weighted by Crippen LogP contribution is -2.21. The molecule has 1 aliphatic rings. The van der Waals surface area contributed by atoms with Crippen molar-refractivity contribution in [3.63, 3.8) is 0 Å². The number of thiophene rings is 1. The van der Waals surface area contributed by atoms with Gasteiger partial charge in [-0.25, -0.2) is 9.59 Å². The number of methoxy groups -OCH3 is 1. The maximum absolute atomic E-state index is 12.7. The molecule has 4 rings (SSSR count). The van der Waals surface area contributed by atoms with E-state index in [-0.39, 0.29) is 12.4 Å². The second-order valence-corrected chi connectivity index (χ2v) is 9.82. The Morgan fingerprint density at radius 2 is 1.75 bits per heavy atom. The molecule has 0 saturated carbocycles. The molecular weight excluding hydrogens is 482 g/mol. The molecule has 1 aromatic heterocycles. The quantitative estimate of drug-likeness (QED) is 0.423. The van der Waals surface area contributed by atoms with Crippen LogP contribution in [0.4, 0.5) is 5.00 Å². The average molecular weight is 510 g/mol. The minimum atomic E-state index is -0.598. The predicted octanol–water partition coefficient (Wildman–Crippen LogP) is 5.08. The third kappa shape index (κ3) is 5.52. The average Bonchev–Trinajstić information content (AvgIpc) is 3.45. The van der Waals surface area contributed by atoms with Crippen molar-refractivity contribution in [3.05, 3.63) is 75.2 Å². The van der Waals surface area contributed by atoms with Crippen molar-refractivity contribution < 1.29 is 33.3 Å². The molecule has 0 aliphatic carbocycles. The fraction of sp³-hybridized carbons (Fsp3) is 0.296. The number of amides is 1. The lowest BCUT2D eigenvalue weighted by Gasteiger charge is -2.09. The lowest BCUT2D eigenvalue weighted by molar-refractivity contribution is -0.119.